The summed E-state index contributed by atoms with van der Waals surface area (Å²) >= 11 is 0. The molecule has 0 saturated heterocycles. The topological polar surface area (TPSA) is 126 Å². The molecule has 1 heterocycles. The molecule has 0 unspecified atom stereocenters. The number of fused-ring (bicyclic) bond motifs is 1. The average molecular weight is 418 g/mol. The number of carbonyl (C=O) groups is 1. The number of rotatable bonds is 3. The Bertz CT molecular complexity index is 1160. The predicted molar refractivity (Wildman–Crippen MR) is 113 cm³/mol. The van der Waals surface area contributed by atoms with Crippen LogP contribution in [0, 0.1) is 6.92 Å². The van der Waals surface area contributed by atoms with Gasteiger partial charge in [0.05, 0.1) is 17.3 Å². The second-order valence-corrected chi connectivity index (χ2v) is 7.61. The number of hydrogen-bond acceptors (Lipinski definition) is 5. The maximum atomic E-state index is 12.9. The molecule has 0 saturated carbocycles. The number of nitrogens with one attached hydrogen (secondary N) is 2. The zero-order valence-corrected chi connectivity index (χ0v) is 17.0. The molecule has 3 rings (SSSR count). The van der Waals surface area contributed by atoms with E-state index in [0.29, 0.717) is 40.8 Å². The van der Waals surface area contributed by atoms with Crippen molar-refractivity contribution in [1.29, 1.82) is 0 Å². The number of anilines is 1. The number of benzene rings is 2. The first kappa shape index (κ1) is 22.1. The van der Waals surface area contributed by atoms with Crippen molar-refractivity contribution in [1.82, 2.24) is 5.32 Å². The van der Waals surface area contributed by atoms with Crippen molar-refractivity contribution in [3.63, 3.8) is 0 Å². The summed E-state index contributed by atoms with van der Waals surface area (Å²) in [6.45, 7) is 4.06. The van der Waals surface area contributed by atoms with Gasteiger partial charge in [0, 0.05) is 17.7 Å². The first-order valence-electron chi connectivity index (χ1n) is 8.71. The highest BCUT2D eigenvalue weighted by Crippen LogP contribution is 2.28. The Morgan fingerprint density at radius 1 is 1.10 bits per heavy atom. The van der Waals surface area contributed by atoms with Gasteiger partial charge in [0.25, 0.3) is 10.1 Å². The first-order valence-corrected chi connectivity index (χ1v) is 10.6. The molecular weight excluding hydrogens is 396 g/mol. The lowest BCUT2D eigenvalue weighted by molar-refractivity contribution is 0.252. The van der Waals surface area contributed by atoms with Crippen LogP contribution >= 0.6 is 0 Å². The van der Waals surface area contributed by atoms with Gasteiger partial charge >= 0.3 is 6.03 Å². The lowest BCUT2D eigenvalue weighted by Gasteiger charge is -2.11. The molecule has 2 amide bonds. The second-order valence-electron chi connectivity index (χ2n) is 6.15. The van der Waals surface area contributed by atoms with Gasteiger partial charge in [-0.3, -0.25) is 9.35 Å². The van der Waals surface area contributed by atoms with Gasteiger partial charge in [0.15, 0.2) is 5.43 Å². The number of carbonyl (C=O) groups excluding carboxylic acids is 1. The van der Waals surface area contributed by atoms with Crippen molar-refractivity contribution in [3.05, 3.63) is 64.3 Å². The van der Waals surface area contributed by atoms with Crippen LogP contribution in [0.5, 0.6) is 0 Å². The lowest BCUT2D eigenvalue weighted by Crippen LogP contribution is -2.28. The van der Waals surface area contributed by atoms with E-state index in [9.17, 15) is 18.0 Å². The molecular formula is C20H22N2O6S. The van der Waals surface area contributed by atoms with Crippen LogP contribution in [-0.4, -0.2) is 31.8 Å². The number of hydrogen-bond donors (Lipinski definition) is 3. The van der Waals surface area contributed by atoms with E-state index < -0.39 is 10.1 Å². The van der Waals surface area contributed by atoms with E-state index in [0.717, 1.165) is 5.56 Å². The minimum Gasteiger partial charge on any atom is -0.455 e. The Labute approximate surface area is 168 Å². The minimum atomic E-state index is -3.67. The van der Waals surface area contributed by atoms with Crippen LogP contribution in [0.4, 0.5) is 10.5 Å². The highest BCUT2D eigenvalue weighted by molar-refractivity contribution is 7.85. The standard InChI is InChI=1S/C19H18N2O3.CH4O3S/c1-3-20-19(23)21-14-10-7-11-15-16(14)17(22)12(2)18(24-15)13-8-5-4-6-9-13;1-5(2,3)4/h4-11H,3H2,1-2H3,(H2,20,21,23);1H3,(H,2,3,4). The molecule has 0 aliphatic carbocycles. The third-order valence-electron chi connectivity index (χ3n) is 3.77. The van der Waals surface area contributed by atoms with Crippen LogP contribution in [-0.2, 0) is 10.1 Å². The van der Waals surface area contributed by atoms with E-state index in [1.54, 1.807) is 25.1 Å². The van der Waals surface area contributed by atoms with Gasteiger partial charge in [-0.05, 0) is 26.0 Å². The average Bonchev–Trinajstić information content (AvgIpc) is 2.64. The first-order chi connectivity index (χ1) is 13.6. The van der Waals surface area contributed by atoms with Gasteiger partial charge in [-0.15, -0.1) is 0 Å². The summed E-state index contributed by atoms with van der Waals surface area (Å²) in [6.07, 6.45) is 0.715. The second kappa shape index (κ2) is 9.35. The Kier molecular flexibility index (Phi) is 7.13. The number of amides is 2. The zero-order valence-electron chi connectivity index (χ0n) is 16.2. The molecule has 154 valence electrons. The fourth-order valence-electron chi connectivity index (χ4n) is 2.62. The largest absolute Gasteiger partial charge is 0.455 e. The Morgan fingerprint density at radius 3 is 2.31 bits per heavy atom. The summed E-state index contributed by atoms with van der Waals surface area (Å²) in [5.41, 5.74) is 2.09. The molecule has 0 aliphatic rings. The van der Waals surface area contributed by atoms with Gasteiger partial charge in [0.1, 0.15) is 11.3 Å². The third-order valence-corrected chi connectivity index (χ3v) is 3.77. The van der Waals surface area contributed by atoms with Crippen molar-refractivity contribution in [3.8, 4) is 11.3 Å². The molecule has 1 aromatic heterocycles. The highest BCUT2D eigenvalue weighted by Gasteiger charge is 2.16. The quantitative estimate of drug-likeness (QED) is 0.560. The van der Waals surface area contributed by atoms with Gasteiger partial charge in [-0.1, -0.05) is 36.4 Å². The van der Waals surface area contributed by atoms with Crippen LogP contribution in [0.25, 0.3) is 22.3 Å². The maximum absolute atomic E-state index is 12.9. The number of urea groups is 1. The molecule has 0 bridgehead atoms. The SMILES string of the molecule is CCNC(=O)Nc1cccc2oc(-c3ccccc3)c(C)c(=O)c12.CS(=O)(=O)O. The summed E-state index contributed by atoms with van der Waals surface area (Å²) in [7, 11) is -3.67. The van der Waals surface area contributed by atoms with Crippen LogP contribution in [0.15, 0.2) is 57.7 Å². The van der Waals surface area contributed by atoms with Crippen LogP contribution in [0.1, 0.15) is 12.5 Å². The predicted octanol–water partition coefficient (Wildman–Crippen LogP) is 3.41. The monoisotopic (exact) mass is 418 g/mol. The van der Waals surface area contributed by atoms with E-state index in [2.05, 4.69) is 10.6 Å². The minimum absolute atomic E-state index is 0.150. The third kappa shape index (κ3) is 6.16. The molecule has 3 N–H and O–H groups in total. The molecule has 0 atom stereocenters. The lowest BCUT2D eigenvalue weighted by atomic mass is 10.0. The summed E-state index contributed by atoms with van der Waals surface area (Å²) in [6, 6.07) is 14.3. The van der Waals surface area contributed by atoms with E-state index in [1.807, 2.05) is 37.3 Å². The van der Waals surface area contributed by atoms with E-state index in [1.165, 1.54) is 0 Å². The summed E-state index contributed by atoms with van der Waals surface area (Å²) < 4.78 is 31.8. The molecule has 29 heavy (non-hydrogen) atoms. The molecule has 0 fully saturated rings. The molecule has 3 aromatic rings. The summed E-state index contributed by atoms with van der Waals surface area (Å²) in [4.78, 5) is 24.6. The van der Waals surface area contributed by atoms with Gasteiger partial charge < -0.3 is 15.1 Å². The molecule has 2 aromatic carbocycles. The van der Waals surface area contributed by atoms with Crippen LogP contribution in [0.3, 0.4) is 0 Å². The van der Waals surface area contributed by atoms with E-state index in [4.69, 9.17) is 8.97 Å². The molecule has 0 aliphatic heterocycles. The summed E-state index contributed by atoms with van der Waals surface area (Å²) in [5.74, 6) is 0.545. The van der Waals surface area contributed by atoms with Crippen molar-refractivity contribution in [2.75, 3.05) is 18.1 Å². The van der Waals surface area contributed by atoms with E-state index >= 15 is 0 Å². The molecule has 0 radical (unpaired) electrons. The van der Waals surface area contributed by atoms with Gasteiger partial charge in [0.2, 0.25) is 0 Å². The molecule has 0 spiro atoms. The fourth-order valence-corrected chi connectivity index (χ4v) is 2.62. The molecule has 9 heteroatoms. The zero-order chi connectivity index (χ0) is 21.6. The Hall–Kier alpha value is -3.17. The Balaban J connectivity index is 0.000000537. The van der Waals surface area contributed by atoms with Gasteiger partial charge in [-0.2, -0.15) is 8.42 Å². The van der Waals surface area contributed by atoms with Crippen LogP contribution in [0.2, 0.25) is 0 Å². The van der Waals surface area contributed by atoms with Crippen molar-refractivity contribution >= 4 is 32.8 Å². The fraction of sp³-hybridized carbons (Fsp3) is 0.200. The van der Waals surface area contributed by atoms with Crippen molar-refractivity contribution in [2.24, 2.45) is 0 Å². The highest BCUT2D eigenvalue weighted by atomic mass is 32.2. The van der Waals surface area contributed by atoms with E-state index in [-0.39, 0.29) is 11.5 Å². The Morgan fingerprint density at radius 2 is 1.72 bits per heavy atom. The normalized spacial score (nSPS) is 10.8. The maximum Gasteiger partial charge on any atom is 0.319 e. The van der Waals surface area contributed by atoms with Crippen molar-refractivity contribution < 1.29 is 22.2 Å². The smallest absolute Gasteiger partial charge is 0.319 e. The summed E-state index contributed by atoms with van der Waals surface area (Å²) in [5, 5.41) is 5.73. The van der Waals surface area contributed by atoms with Crippen LogP contribution < -0.4 is 16.1 Å². The van der Waals surface area contributed by atoms with Crippen molar-refractivity contribution in [2.45, 2.75) is 13.8 Å². The van der Waals surface area contributed by atoms with Gasteiger partial charge in [-0.25, -0.2) is 4.79 Å². The molecule has 8 nitrogen and oxygen atoms in total.